The molecule has 4 heteroatoms. The zero-order valence-corrected chi connectivity index (χ0v) is 8.95. The molecule has 82 valence electrons. The molecule has 1 N–H and O–H groups in total. The van der Waals surface area contributed by atoms with Crippen LogP contribution in [0.5, 0.6) is 0 Å². The monoisotopic (exact) mass is 201 g/mol. The molecular formula is C10H19NO3. The third-order valence-corrected chi connectivity index (χ3v) is 1.85. The Hall–Kier alpha value is -1.06. The minimum atomic E-state index is -0.999. The Balaban J connectivity index is 3.53. The largest absolute Gasteiger partial charge is 0.477 e. The minimum Gasteiger partial charge on any atom is -0.477 e. The van der Waals surface area contributed by atoms with E-state index >= 15 is 0 Å². The van der Waals surface area contributed by atoms with Crippen molar-refractivity contribution in [2.45, 2.75) is 46.0 Å². The SMILES string of the molecule is CCCCCCON=C(CC)C(=O)O. The maximum atomic E-state index is 10.5. The van der Waals surface area contributed by atoms with Gasteiger partial charge in [0.25, 0.3) is 0 Å². The molecule has 0 fully saturated rings. The van der Waals surface area contributed by atoms with Gasteiger partial charge in [-0.05, 0) is 19.3 Å². The average molecular weight is 201 g/mol. The van der Waals surface area contributed by atoms with Crippen LogP contribution in [-0.4, -0.2) is 23.4 Å². The van der Waals surface area contributed by atoms with Gasteiger partial charge in [0.1, 0.15) is 6.61 Å². The van der Waals surface area contributed by atoms with Crippen molar-refractivity contribution in [3.63, 3.8) is 0 Å². The van der Waals surface area contributed by atoms with E-state index in [1.165, 1.54) is 12.8 Å². The highest BCUT2D eigenvalue weighted by atomic mass is 16.6. The Morgan fingerprint density at radius 1 is 1.29 bits per heavy atom. The zero-order chi connectivity index (χ0) is 10.8. The van der Waals surface area contributed by atoms with Gasteiger partial charge in [-0.25, -0.2) is 4.79 Å². The van der Waals surface area contributed by atoms with E-state index in [1.807, 2.05) is 0 Å². The van der Waals surface area contributed by atoms with Crippen LogP contribution in [0.25, 0.3) is 0 Å². The molecule has 0 aliphatic heterocycles. The summed E-state index contributed by atoms with van der Waals surface area (Å²) in [5.41, 5.74) is 0.0838. The Labute approximate surface area is 84.9 Å². The van der Waals surface area contributed by atoms with Crippen LogP contribution in [0.15, 0.2) is 5.16 Å². The number of nitrogens with zero attached hydrogens (tertiary/aromatic N) is 1. The number of aliphatic carboxylic acids is 1. The Morgan fingerprint density at radius 2 is 2.00 bits per heavy atom. The molecule has 0 unspecified atom stereocenters. The van der Waals surface area contributed by atoms with Crippen molar-refractivity contribution in [3.05, 3.63) is 0 Å². The zero-order valence-electron chi connectivity index (χ0n) is 8.95. The lowest BCUT2D eigenvalue weighted by atomic mass is 10.2. The summed E-state index contributed by atoms with van der Waals surface area (Å²) >= 11 is 0. The van der Waals surface area contributed by atoms with Crippen LogP contribution in [0, 0.1) is 0 Å². The maximum absolute atomic E-state index is 10.5. The molecule has 0 aromatic carbocycles. The molecule has 0 rings (SSSR count). The van der Waals surface area contributed by atoms with Gasteiger partial charge < -0.3 is 9.94 Å². The van der Waals surface area contributed by atoms with Gasteiger partial charge in [-0.15, -0.1) is 0 Å². The van der Waals surface area contributed by atoms with Gasteiger partial charge in [-0.1, -0.05) is 31.8 Å². The molecule has 0 atom stereocenters. The molecule has 0 aliphatic rings. The highest BCUT2D eigenvalue weighted by Gasteiger charge is 2.06. The first-order valence-corrected chi connectivity index (χ1v) is 5.14. The number of hydrogen-bond donors (Lipinski definition) is 1. The normalized spacial score (nSPS) is 11.4. The van der Waals surface area contributed by atoms with Crippen LogP contribution in [-0.2, 0) is 9.63 Å². The lowest BCUT2D eigenvalue weighted by molar-refractivity contribution is -0.129. The Morgan fingerprint density at radius 3 is 2.50 bits per heavy atom. The van der Waals surface area contributed by atoms with Crippen LogP contribution in [0.1, 0.15) is 46.0 Å². The first-order chi connectivity index (χ1) is 6.72. The fraction of sp³-hybridized carbons (Fsp3) is 0.800. The lowest BCUT2D eigenvalue weighted by Gasteiger charge is -2.00. The lowest BCUT2D eigenvalue weighted by Crippen LogP contribution is -2.12. The van der Waals surface area contributed by atoms with Crippen LogP contribution < -0.4 is 0 Å². The van der Waals surface area contributed by atoms with E-state index in [0.29, 0.717) is 13.0 Å². The van der Waals surface area contributed by atoms with Gasteiger partial charge in [-0.2, -0.15) is 0 Å². The second-order valence-corrected chi connectivity index (χ2v) is 3.09. The highest BCUT2D eigenvalue weighted by Crippen LogP contribution is 1.99. The van der Waals surface area contributed by atoms with E-state index in [4.69, 9.17) is 9.94 Å². The van der Waals surface area contributed by atoms with Gasteiger partial charge >= 0.3 is 5.97 Å². The van der Waals surface area contributed by atoms with Crippen LogP contribution in [0.3, 0.4) is 0 Å². The molecule has 0 heterocycles. The van der Waals surface area contributed by atoms with Crippen molar-refractivity contribution in [1.82, 2.24) is 0 Å². The molecule has 0 radical (unpaired) electrons. The van der Waals surface area contributed by atoms with Crippen molar-refractivity contribution < 1.29 is 14.7 Å². The number of carbonyl (C=O) groups is 1. The van der Waals surface area contributed by atoms with Gasteiger partial charge in [0.15, 0.2) is 5.71 Å². The number of unbranched alkanes of at least 4 members (excludes halogenated alkanes) is 3. The Bertz CT molecular complexity index is 190. The minimum absolute atomic E-state index is 0.0838. The van der Waals surface area contributed by atoms with Crippen molar-refractivity contribution in [1.29, 1.82) is 0 Å². The predicted molar refractivity (Wildman–Crippen MR) is 55.5 cm³/mol. The summed E-state index contributed by atoms with van der Waals surface area (Å²) in [7, 11) is 0. The molecule has 0 saturated heterocycles. The first kappa shape index (κ1) is 12.9. The average Bonchev–Trinajstić information content (AvgIpc) is 2.16. The van der Waals surface area contributed by atoms with E-state index in [2.05, 4.69) is 12.1 Å². The van der Waals surface area contributed by atoms with Crippen LogP contribution >= 0.6 is 0 Å². The topological polar surface area (TPSA) is 58.9 Å². The third-order valence-electron chi connectivity index (χ3n) is 1.85. The summed E-state index contributed by atoms with van der Waals surface area (Å²) in [5, 5.41) is 12.2. The molecule has 14 heavy (non-hydrogen) atoms. The van der Waals surface area contributed by atoms with E-state index in [-0.39, 0.29) is 5.71 Å². The molecular weight excluding hydrogens is 182 g/mol. The number of oxime groups is 1. The quantitative estimate of drug-likeness (QED) is 0.373. The summed E-state index contributed by atoms with van der Waals surface area (Å²) < 4.78 is 0. The molecule has 0 amide bonds. The third kappa shape index (κ3) is 6.46. The van der Waals surface area contributed by atoms with Crippen molar-refractivity contribution in [2.24, 2.45) is 5.16 Å². The molecule has 4 nitrogen and oxygen atoms in total. The standard InChI is InChI=1S/C10H19NO3/c1-3-5-6-7-8-14-11-9(4-2)10(12)13/h3-8H2,1-2H3,(H,12,13). The van der Waals surface area contributed by atoms with E-state index in [9.17, 15) is 4.79 Å². The number of carboxylic acids is 1. The van der Waals surface area contributed by atoms with Gasteiger partial charge in [0.2, 0.25) is 0 Å². The van der Waals surface area contributed by atoms with Crippen molar-refractivity contribution in [3.8, 4) is 0 Å². The summed E-state index contributed by atoms with van der Waals surface area (Å²) in [6.07, 6.45) is 4.81. The molecule has 0 bridgehead atoms. The van der Waals surface area contributed by atoms with E-state index in [0.717, 1.165) is 12.8 Å². The van der Waals surface area contributed by atoms with Crippen LogP contribution in [0.2, 0.25) is 0 Å². The summed E-state index contributed by atoms with van der Waals surface area (Å²) in [5.74, 6) is -0.999. The second-order valence-electron chi connectivity index (χ2n) is 3.09. The van der Waals surface area contributed by atoms with E-state index < -0.39 is 5.97 Å². The molecule has 0 aromatic rings. The predicted octanol–water partition coefficient (Wildman–Crippen LogP) is 2.43. The number of carboxylic acid groups (broad SMARTS) is 1. The molecule has 0 aromatic heterocycles. The molecule has 0 spiro atoms. The van der Waals surface area contributed by atoms with Gasteiger partial charge in [0.05, 0.1) is 0 Å². The fourth-order valence-electron chi connectivity index (χ4n) is 0.972. The molecule has 0 saturated carbocycles. The van der Waals surface area contributed by atoms with Gasteiger partial charge in [0, 0.05) is 0 Å². The summed E-state index contributed by atoms with van der Waals surface area (Å²) in [6, 6.07) is 0. The first-order valence-electron chi connectivity index (χ1n) is 5.14. The maximum Gasteiger partial charge on any atom is 0.353 e. The van der Waals surface area contributed by atoms with Crippen LogP contribution in [0.4, 0.5) is 0 Å². The Kier molecular flexibility index (Phi) is 7.89. The van der Waals surface area contributed by atoms with Crippen molar-refractivity contribution >= 4 is 11.7 Å². The fourth-order valence-corrected chi connectivity index (χ4v) is 0.972. The second kappa shape index (κ2) is 8.53. The smallest absolute Gasteiger partial charge is 0.353 e. The molecule has 0 aliphatic carbocycles. The summed E-state index contributed by atoms with van der Waals surface area (Å²) in [6.45, 7) is 4.39. The number of rotatable bonds is 8. The summed E-state index contributed by atoms with van der Waals surface area (Å²) in [4.78, 5) is 15.4. The van der Waals surface area contributed by atoms with Gasteiger partial charge in [-0.3, -0.25) is 0 Å². The highest BCUT2D eigenvalue weighted by molar-refractivity contribution is 6.35. The van der Waals surface area contributed by atoms with E-state index in [1.54, 1.807) is 6.92 Å². The van der Waals surface area contributed by atoms with Crippen molar-refractivity contribution in [2.75, 3.05) is 6.61 Å². The number of hydrogen-bond acceptors (Lipinski definition) is 3.